The fraction of sp³-hybridized carbons (Fsp3) is 0.619. The number of alkyl halides is 1. The second-order valence-corrected chi connectivity index (χ2v) is 18.9. The Hall–Kier alpha value is -3.84. The molecule has 1 unspecified atom stereocenters. The number of alkyl carbamates (subject to hydrolysis) is 1. The van der Waals surface area contributed by atoms with E-state index in [1.165, 1.54) is 30.2 Å². The Labute approximate surface area is 333 Å². The summed E-state index contributed by atoms with van der Waals surface area (Å²) < 4.78 is 78.9. The molecule has 0 aromatic heterocycles. The molecule has 0 radical (unpaired) electrons. The van der Waals surface area contributed by atoms with Gasteiger partial charge in [-0.05, 0) is 125 Å². The molecule has 1 saturated carbocycles. The number of amides is 2. The maximum Gasteiger partial charge on any atom is 0.407 e. The highest BCUT2D eigenvalue weighted by atomic mass is 32.2. The number of aliphatic hydroxyl groups excluding tert-OH is 1. The molecule has 5 fully saturated rings. The zero-order valence-corrected chi connectivity index (χ0v) is 33.4. The molecule has 2 aromatic rings. The number of nitrogens with one attached hydrogen (secondary N) is 1. The van der Waals surface area contributed by atoms with Gasteiger partial charge in [-0.1, -0.05) is 24.5 Å². The van der Waals surface area contributed by atoms with Crippen molar-refractivity contribution < 1.29 is 41.0 Å². The maximum absolute atomic E-state index is 16.3. The molecule has 57 heavy (non-hydrogen) atoms. The first-order valence-electron chi connectivity index (χ1n) is 20.3. The van der Waals surface area contributed by atoms with Crippen molar-refractivity contribution in [2.45, 2.75) is 78.6 Å². The summed E-state index contributed by atoms with van der Waals surface area (Å²) >= 11 is 0. The number of anilines is 1. The third kappa shape index (κ3) is 8.65. The average molecular weight is 814 g/mol. The Kier molecular flexibility index (Phi) is 12.5. The number of benzene rings is 2. The van der Waals surface area contributed by atoms with Crippen LogP contribution in [0.3, 0.4) is 0 Å². The van der Waals surface area contributed by atoms with Crippen LogP contribution in [0.4, 0.5) is 23.7 Å². The largest absolute Gasteiger partial charge is 0.453 e. The van der Waals surface area contributed by atoms with Gasteiger partial charge in [0, 0.05) is 37.6 Å². The number of sulfone groups is 1. The van der Waals surface area contributed by atoms with E-state index in [0.717, 1.165) is 69.8 Å². The van der Waals surface area contributed by atoms with Crippen LogP contribution in [0.2, 0.25) is 0 Å². The summed E-state index contributed by atoms with van der Waals surface area (Å²) in [6.45, 7) is 3.92. The Bertz CT molecular complexity index is 1960. The van der Waals surface area contributed by atoms with Crippen LogP contribution >= 0.6 is 0 Å². The smallest absolute Gasteiger partial charge is 0.407 e. The van der Waals surface area contributed by atoms with E-state index in [1.807, 2.05) is 6.07 Å². The molecule has 1 aliphatic carbocycles. The monoisotopic (exact) mass is 813 g/mol. The summed E-state index contributed by atoms with van der Waals surface area (Å²) in [6, 6.07) is 10.6. The number of carbonyl (C=O) groups excluding carboxylic acids is 2. The molecule has 7 rings (SSSR count). The van der Waals surface area contributed by atoms with E-state index in [2.05, 4.69) is 27.0 Å². The fourth-order valence-electron chi connectivity index (χ4n) is 10.3. The lowest BCUT2D eigenvalue weighted by atomic mass is 9.57. The van der Waals surface area contributed by atoms with Crippen LogP contribution in [0.25, 0.3) is 0 Å². The van der Waals surface area contributed by atoms with Crippen molar-refractivity contribution in [1.82, 2.24) is 20.0 Å². The van der Waals surface area contributed by atoms with Crippen LogP contribution in [-0.2, 0) is 24.8 Å². The molecular formula is C42H54F3N5O6S. The number of nitrogens with zero attached hydrogens (tertiary/aromatic N) is 4. The molecule has 0 bridgehead atoms. The lowest BCUT2D eigenvalue weighted by Crippen LogP contribution is -2.65. The molecule has 310 valence electrons. The lowest BCUT2D eigenvalue weighted by Gasteiger charge is -2.54. The molecule has 0 spiro atoms. The predicted molar refractivity (Wildman–Crippen MR) is 209 cm³/mol. The van der Waals surface area contributed by atoms with Crippen molar-refractivity contribution in [3.05, 3.63) is 59.7 Å². The molecule has 15 heteroatoms. The van der Waals surface area contributed by atoms with Crippen molar-refractivity contribution in [2.24, 2.45) is 11.8 Å². The molecule has 4 atom stereocenters. The standard InChI is InChI=1S/C42H54F3N5O6S/c1-56-40(53)46-37-11-3-10-35(37)42(29-47-17-6-18-47,31-7-2-8-32(43)23-31)30-15-20-48(21-16-30)26-41(45)27-50(28-41)38-14-13-33(24-36(38)44)57(54,55)34-9-4-19-49(25-34)39(52)12-5-22-51/h2,7-8,13-14,23-24,30,34-35,37,51H,3-4,6,9-11,15-22,25-29H2,1H3,(H,46,53)/t34?,35-,37-,42-/m0/s1. The van der Waals surface area contributed by atoms with E-state index in [1.54, 1.807) is 17.0 Å². The van der Waals surface area contributed by atoms with E-state index in [-0.39, 0.29) is 60.5 Å². The molecule has 11 nitrogen and oxygen atoms in total. The number of halogens is 3. The lowest BCUT2D eigenvalue weighted by molar-refractivity contribution is -0.125. The van der Waals surface area contributed by atoms with Crippen molar-refractivity contribution in [2.75, 3.05) is 84.1 Å². The maximum atomic E-state index is 16.3. The van der Waals surface area contributed by atoms with Crippen LogP contribution in [-0.4, -0.2) is 136 Å². The molecule has 2 aromatic carbocycles. The van der Waals surface area contributed by atoms with Gasteiger partial charge in [0.05, 0.1) is 36.0 Å². The third-order valence-electron chi connectivity index (χ3n) is 13.2. The van der Waals surface area contributed by atoms with Gasteiger partial charge in [-0.15, -0.1) is 0 Å². The number of carbonyl (C=O) groups is 2. The summed E-state index contributed by atoms with van der Waals surface area (Å²) in [5.74, 6) is 3.22. The fourth-order valence-corrected chi connectivity index (χ4v) is 12.1. The van der Waals surface area contributed by atoms with Gasteiger partial charge in [0.15, 0.2) is 15.5 Å². The molecule has 4 heterocycles. The Morgan fingerprint density at radius 2 is 1.74 bits per heavy atom. The normalized spacial score (nSPS) is 25.4. The van der Waals surface area contributed by atoms with Crippen molar-refractivity contribution in [1.29, 1.82) is 0 Å². The van der Waals surface area contributed by atoms with Gasteiger partial charge in [0.25, 0.3) is 5.91 Å². The number of ether oxygens (including phenoxy) is 1. The topological polar surface area (TPSA) is 123 Å². The minimum absolute atomic E-state index is 0.0321. The second kappa shape index (κ2) is 17.2. The van der Waals surface area contributed by atoms with Gasteiger partial charge in [0.1, 0.15) is 18.2 Å². The number of rotatable bonds is 11. The number of methoxy groups -OCH3 is 1. The van der Waals surface area contributed by atoms with Crippen molar-refractivity contribution >= 4 is 27.5 Å². The number of aliphatic hydroxyl groups is 1. The van der Waals surface area contributed by atoms with Gasteiger partial charge >= 0.3 is 6.09 Å². The Balaban J connectivity index is 1.01. The van der Waals surface area contributed by atoms with E-state index in [4.69, 9.17) is 9.84 Å². The van der Waals surface area contributed by atoms with Crippen LogP contribution in [0, 0.1) is 35.3 Å². The van der Waals surface area contributed by atoms with E-state index >= 15 is 13.2 Å². The number of hydrogen-bond acceptors (Lipinski definition) is 9. The van der Waals surface area contributed by atoms with Gasteiger partial charge in [-0.3, -0.25) is 9.69 Å². The van der Waals surface area contributed by atoms with E-state index < -0.39 is 50.6 Å². The molecule has 4 aliphatic heterocycles. The van der Waals surface area contributed by atoms with Gasteiger partial charge in [0.2, 0.25) is 0 Å². The van der Waals surface area contributed by atoms with Crippen molar-refractivity contribution in [3.63, 3.8) is 0 Å². The number of piperidine rings is 2. The minimum atomic E-state index is -3.98. The van der Waals surface area contributed by atoms with Gasteiger partial charge in [-0.2, -0.15) is 0 Å². The summed E-state index contributed by atoms with van der Waals surface area (Å²) in [7, 11) is -2.61. The zero-order valence-electron chi connectivity index (χ0n) is 32.6. The molecule has 2 amide bonds. The second-order valence-electron chi connectivity index (χ2n) is 16.7. The van der Waals surface area contributed by atoms with E-state index in [0.29, 0.717) is 32.5 Å². The summed E-state index contributed by atoms with van der Waals surface area (Å²) in [4.78, 5) is 32.1. The molecule has 4 saturated heterocycles. The molecular weight excluding hydrogens is 760 g/mol. The summed E-state index contributed by atoms with van der Waals surface area (Å²) in [5.41, 5.74) is -0.927. The Morgan fingerprint density at radius 1 is 0.965 bits per heavy atom. The van der Waals surface area contributed by atoms with Crippen LogP contribution < -0.4 is 10.2 Å². The highest BCUT2D eigenvalue weighted by Gasteiger charge is 2.54. The quantitative estimate of drug-likeness (QED) is 0.323. The summed E-state index contributed by atoms with van der Waals surface area (Å²) in [5, 5.41) is 11.1. The Morgan fingerprint density at radius 3 is 2.40 bits per heavy atom. The first-order valence-corrected chi connectivity index (χ1v) is 21.8. The molecule has 2 N–H and O–H groups in total. The average Bonchev–Trinajstić information content (AvgIpc) is 3.64. The third-order valence-corrected chi connectivity index (χ3v) is 15.4. The number of hydrogen-bond donors (Lipinski definition) is 2. The first kappa shape index (κ1) is 41.3. The first-order chi connectivity index (χ1) is 27.3. The van der Waals surface area contributed by atoms with Crippen LogP contribution in [0.15, 0.2) is 47.4 Å². The number of likely N-dealkylation sites (tertiary alicyclic amines) is 3. The predicted octanol–water partition coefficient (Wildman–Crippen LogP) is 4.13. The highest BCUT2D eigenvalue weighted by Crippen LogP contribution is 2.52. The SMILES string of the molecule is COC(=O)N[C@H]1CCC[C@@H]1[C@](CN1CCC1)(c1cccc(F)c1)C1CCN(CC2(F)CN(c3ccc(S(=O)(=O)C4CCCN(C(=O)C#CCO)C4)cc3F)C2)CC1. The van der Waals surface area contributed by atoms with Crippen LogP contribution in [0.1, 0.15) is 56.9 Å². The summed E-state index contributed by atoms with van der Waals surface area (Å²) in [6.07, 6.45) is 5.62. The van der Waals surface area contributed by atoms with Gasteiger partial charge in [-0.25, -0.2) is 26.4 Å². The van der Waals surface area contributed by atoms with Gasteiger partial charge < -0.3 is 29.9 Å². The van der Waals surface area contributed by atoms with Crippen LogP contribution in [0.5, 0.6) is 0 Å². The molecule has 5 aliphatic rings. The zero-order chi connectivity index (χ0) is 40.4. The van der Waals surface area contributed by atoms with E-state index in [9.17, 15) is 18.0 Å². The minimum Gasteiger partial charge on any atom is -0.453 e. The van der Waals surface area contributed by atoms with Crippen molar-refractivity contribution in [3.8, 4) is 11.8 Å². The highest BCUT2D eigenvalue weighted by molar-refractivity contribution is 7.92.